The van der Waals surface area contributed by atoms with Crippen molar-refractivity contribution in [1.29, 1.82) is 0 Å². The second-order valence-electron chi connectivity index (χ2n) is 13.5. The maximum absolute atomic E-state index is 10.8. The highest BCUT2D eigenvalue weighted by molar-refractivity contribution is 5.89. The van der Waals surface area contributed by atoms with Gasteiger partial charge in [0, 0.05) is 12.2 Å². The molecule has 39 heavy (non-hydrogen) atoms. The number of aliphatic carboxylic acids is 2. The Balaban J connectivity index is 0.000000459. The van der Waals surface area contributed by atoms with Gasteiger partial charge in [-0.2, -0.15) is 0 Å². The molecule has 0 heterocycles. The number of allylic oxidation sites excluding steroid dienone is 1. The van der Waals surface area contributed by atoms with Gasteiger partial charge in [0.2, 0.25) is 0 Å². The molecule has 0 bridgehead atoms. The number of rotatable bonds is 9. The zero-order valence-electron chi connectivity index (χ0n) is 24.4. The second kappa shape index (κ2) is 12.9. The quantitative estimate of drug-likeness (QED) is 0.134. The lowest BCUT2D eigenvalue weighted by Crippen LogP contribution is -2.51. The minimum atomic E-state index is -1.26. The van der Waals surface area contributed by atoms with Crippen LogP contribution in [0.2, 0.25) is 0 Å². The highest BCUT2D eigenvalue weighted by atomic mass is 17.0. The molecule has 4 rings (SSSR count). The minimum absolute atomic E-state index is 0.234. The number of carboxylic acid groups (broad SMARTS) is 2. The first-order valence-electron chi connectivity index (χ1n) is 14.9. The first-order chi connectivity index (χ1) is 18.3. The molecule has 4 aliphatic rings. The summed E-state index contributed by atoms with van der Waals surface area (Å²) in [5.41, 5.74) is 2.22. The summed E-state index contributed by atoms with van der Waals surface area (Å²) in [7, 11) is 0. The molecule has 0 aromatic rings. The molecule has 8 nitrogen and oxygen atoms in total. The van der Waals surface area contributed by atoms with Crippen LogP contribution >= 0.6 is 0 Å². The number of carboxylic acids is 2. The molecule has 4 aliphatic carbocycles. The third-order valence-electron chi connectivity index (χ3n) is 10.9. The molecule has 0 aromatic heterocycles. The number of nitrogens with zero attached hydrogens (tertiary/aromatic N) is 1. The molecule has 2 N–H and O–H groups in total. The molecule has 0 amide bonds. The van der Waals surface area contributed by atoms with Crippen molar-refractivity contribution in [1.82, 2.24) is 0 Å². The smallest absolute Gasteiger partial charge is 0.328 e. The molecule has 0 unspecified atom stereocenters. The Labute approximate surface area is 233 Å². The Hall–Kier alpha value is -2.38. The van der Waals surface area contributed by atoms with E-state index in [9.17, 15) is 19.7 Å². The maximum atomic E-state index is 10.8. The van der Waals surface area contributed by atoms with Gasteiger partial charge in [0.15, 0.2) is 0 Å². The van der Waals surface area contributed by atoms with Gasteiger partial charge in [-0.25, -0.2) is 9.59 Å². The minimum Gasteiger partial charge on any atom is -0.478 e. The van der Waals surface area contributed by atoms with E-state index in [-0.39, 0.29) is 11.5 Å². The van der Waals surface area contributed by atoms with Crippen LogP contribution in [0.3, 0.4) is 0 Å². The van der Waals surface area contributed by atoms with Gasteiger partial charge < -0.3 is 15.1 Å². The van der Waals surface area contributed by atoms with Crippen LogP contribution in [0.5, 0.6) is 0 Å². The molecule has 8 heteroatoms. The number of carbonyl (C=O) groups is 2. The first kappa shape index (κ1) is 31.2. The lowest BCUT2D eigenvalue weighted by Gasteiger charge is -2.58. The van der Waals surface area contributed by atoms with Gasteiger partial charge in [0.05, 0.1) is 0 Å². The van der Waals surface area contributed by atoms with E-state index in [4.69, 9.17) is 15.1 Å². The Morgan fingerprint density at radius 2 is 1.72 bits per heavy atom. The summed E-state index contributed by atoms with van der Waals surface area (Å²) in [6, 6.07) is 0. The SMILES string of the molecule is CC(C)CCC[C@@H](C)[C@H]1CC[C@H]2[C@@H]3CC=C4C[C@@H](O[N+](=O)[O-])CC[C@]4(C)[C@H]3CC[C@]12C.O=C(O)C=CC(=O)O. The van der Waals surface area contributed by atoms with Crippen LogP contribution in [0.25, 0.3) is 0 Å². The zero-order valence-corrected chi connectivity index (χ0v) is 24.4. The summed E-state index contributed by atoms with van der Waals surface area (Å²) < 4.78 is 0. The van der Waals surface area contributed by atoms with E-state index >= 15 is 0 Å². The average Bonchev–Trinajstić information content (AvgIpc) is 3.20. The predicted octanol–water partition coefficient (Wildman–Crippen LogP) is 7.32. The van der Waals surface area contributed by atoms with E-state index in [0.717, 1.165) is 54.8 Å². The van der Waals surface area contributed by atoms with Gasteiger partial charge in [0.25, 0.3) is 5.09 Å². The highest BCUT2D eigenvalue weighted by Crippen LogP contribution is 2.67. The number of fused-ring (bicyclic) bond motifs is 5. The van der Waals surface area contributed by atoms with Gasteiger partial charge in [0.1, 0.15) is 6.10 Å². The topological polar surface area (TPSA) is 127 Å². The third kappa shape index (κ3) is 7.23. The number of hydrogen-bond acceptors (Lipinski definition) is 5. The highest BCUT2D eigenvalue weighted by Gasteiger charge is 2.59. The van der Waals surface area contributed by atoms with Gasteiger partial charge in [-0.3, -0.25) is 0 Å². The summed E-state index contributed by atoms with van der Waals surface area (Å²) in [5.74, 6) is 2.50. The molecule has 0 aliphatic heterocycles. The lowest BCUT2D eigenvalue weighted by molar-refractivity contribution is -0.769. The summed E-state index contributed by atoms with van der Waals surface area (Å²) in [4.78, 5) is 34.9. The van der Waals surface area contributed by atoms with E-state index < -0.39 is 17.0 Å². The van der Waals surface area contributed by atoms with E-state index in [1.54, 1.807) is 0 Å². The van der Waals surface area contributed by atoms with Crippen LogP contribution in [-0.4, -0.2) is 33.3 Å². The summed E-state index contributed by atoms with van der Waals surface area (Å²) in [5, 5.41) is 25.9. The van der Waals surface area contributed by atoms with Crippen molar-refractivity contribution < 1.29 is 29.7 Å². The van der Waals surface area contributed by atoms with Crippen molar-refractivity contribution in [2.45, 2.75) is 111 Å². The van der Waals surface area contributed by atoms with Gasteiger partial charge in [-0.15, -0.1) is 10.1 Å². The zero-order chi connectivity index (χ0) is 29.0. The molecule has 0 saturated heterocycles. The fourth-order valence-electron chi connectivity index (χ4n) is 9.01. The van der Waals surface area contributed by atoms with Crippen molar-refractivity contribution in [3.05, 3.63) is 33.9 Å². The van der Waals surface area contributed by atoms with Crippen LogP contribution in [0, 0.1) is 56.5 Å². The van der Waals surface area contributed by atoms with Crippen molar-refractivity contribution in [2.75, 3.05) is 0 Å². The van der Waals surface area contributed by atoms with E-state index in [1.807, 2.05) is 0 Å². The fourth-order valence-corrected chi connectivity index (χ4v) is 9.01. The monoisotopic (exact) mass is 547 g/mol. The van der Waals surface area contributed by atoms with Crippen LogP contribution in [0.1, 0.15) is 105 Å². The molecule has 0 spiro atoms. The van der Waals surface area contributed by atoms with Crippen molar-refractivity contribution in [3.63, 3.8) is 0 Å². The Bertz CT molecular complexity index is 943. The molecular formula is C31H49NO7. The van der Waals surface area contributed by atoms with Crippen LogP contribution < -0.4 is 0 Å². The maximum Gasteiger partial charge on any atom is 0.328 e. The standard InChI is InChI=1S/C27H45NO3.C4H4O4/c1-18(2)7-6-8-19(3)23-11-12-24-22-10-9-20-17-21(31-28(29)30)13-15-26(20,4)25(22)14-16-27(23,24)5;5-3(6)1-2-4(7)8/h9,18-19,21-25H,6-8,10-17H2,1-5H3;1-2H,(H,5,6)(H,7,8)/t19-,21+,22+,23-,24+,25+,26+,27-;/m1./s1. The molecule has 3 saturated carbocycles. The van der Waals surface area contributed by atoms with Crippen molar-refractivity contribution in [3.8, 4) is 0 Å². The summed E-state index contributed by atoms with van der Waals surface area (Å²) in [6.45, 7) is 12.4. The third-order valence-corrected chi connectivity index (χ3v) is 10.9. The molecular weight excluding hydrogens is 498 g/mol. The second-order valence-corrected chi connectivity index (χ2v) is 13.5. The Morgan fingerprint density at radius 3 is 2.31 bits per heavy atom. The predicted molar refractivity (Wildman–Crippen MR) is 149 cm³/mol. The normalized spacial score (nSPS) is 36.1. The van der Waals surface area contributed by atoms with Gasteiger partial charge in [-0.05, 0) is 97.7 Å². The van der Waals surface area contributed by atoms with Crippen molar-refractivity contribution >= 4 is 11.9 Å². The molecule has 0 aromatic carbocycles. The lowest BCUT2D eigenvalue weighted by atomic mass is 9.47. The molecule has 8 atom stereocenters. The first-order valence-corrected chi connectivity index (χ1v) is 14.9. The largest absolute Gasteiger partial charge is 0.478 e. The van der Waals surface area contributed by atoms with E-state index in [1.165, 1.54) is 56.9 Å². The molecule has 220 valence electrons. The van der Waals surface area contributed by atoms with E-state index in [0.29, 0.717) is 17.6 Å². The van der Waals surface area contributed by atoms with E-state index in [2.05, 4.69) is 40.7 Å². The molecule has 3 fully saturated rings. The fraction of sp³-hybridized carbons (Fsp3) is 0.806. The number of hydrogen-bond donors (Lipinski definition) is 2. The summed E-state index contributed by atoms with van der Waals surface area (Å²) >= 11 is 0. The molecule has 0 radical (unpaired) electrons. The Morgan fingerprint density at radius 1 is 1.05 bits per heavy atom. The van der Waals surface area contributed by atoms with Gasteiger partial charge >= 0.3 is 11.9 Å². The summed E-state index contributed by atoms with van der Waals surface area (Å²) in [6.07, 6.45) is 16.9. The average molecular weight is 548 g/mol. The van der Waals surface area contributed by atoms with Crippen molar-refractivity contribution in [2.24, 2.45) is 46.3 Å². The van der Waals surface area contributed by atoms with Crippen LogP contribution in [0.4, 0.5) is 0 Å². The van der Waals surface area contributed by atoms with Crippen LogP contribution in [-0.2, 0) is 14.4 Å². The Kier molecular flexibility index (Phi) is 10.3. The van der Waals surface area contributed by atoms with Gasteiger partial charge in [-0.1, -0.05) is 65.5 Å². The van der Waals surface area contributed by atoms with Crippen LogP contribution in [0.15, 0.2) is 23.8 Å².